The van der Waals surface area contributed by atoms with Crippen molar-refractivity contribution >= 4 is 17.3 Å². The number of para-hydroxylation sites is 1. The third kappa shape index (κ3) is 3.00. The summed E-state index contributed by atoms with van der Waals surface area (Å²) >= 11 is 5.89. The molecule has 0 bridgehead atoms. The van der Waals surface area contributed by atoms with E-state index in [0.717, 1.165) is 5.69 Å². The molecule has 0 aliphatic carbocycles. The first-order valence-electron chi connectivity index (χ1n) is 5.67. The minimum Gasteiger partial charge on any atom is -0.377 e. The lowest BCUT2D eigenvalue weighted by atomic mass is 10.1. The van der Waals surface area contributed by atoms with Gasteiger partial charge in [-0.3, -0.25) is 0 Å². The molecule has 0 aromatic heterocycles. The molecule has 18 heavy (non-hydrogen) atoms. The van der Waals surface area contributed by atoms with Gasteiger partial charge in [-0.1, -0.05) is 29.8 Å². The summed E-state index contributed by atoms with van der Waals surface area (Å²) < 4.78 is 13.8. The van der Waals surface area contributed by atoms with Crippen LogP contribution in [0.1, 0.15) is 11.6 Å². The maximum atomic E-state index is 13.8. The lowest BCUT2D eigenvalue weighted by molar-refractivity contribution is 0.593. The zero-order valence-corrected chi connectivity index (χ0v) is 10.5. The van der Waals surface area contributed by atoms with Gasteiger partial charge in [-0.05, 0) is 30.3 Å². The first-order chi connectivity index (χ1) is 8.70. The van der Waals surface area contributed by atoms with Crippen molar-refractivity contribution < 1.29 is 4.39 Å². The molecule has 1 atom stereocenters. The third-order valence-corrected chi connectivity index (χ3v) is 2.92. The maximum absolute atomic E-state index is 13.8. The largest absolute Gasteiger partial charge is 0.377 e. The molecule has 0 aliphatic heterocycles. The summed E-state index contributed by atoms with van der Waals surface area (Å²) in [7, 11) is 0. The lowest BCUT2D eigenvalue weighted by Crippen LogP contribution is -2.21. The van der Waals surface area contributed by atoms with E-state index in [4.69, 9.17) is 17.3 Å². The second kappa shape index (κ2) is 5.85. The number of hydrogen-bond acceptors (Lipinski definition) is 2. The number of benzene rings is 2. The van der Waals surface area contributed by atoms with E-state index in [1.54, 1.807) is 6.07 Å². The van der Waals surface area contributed by atoms with Gasteiger partial charge in [0.15, 0.2) is 0 Å². The van der Waals surface area contributed by atoms with Crippen molar-refractivity contribution in [3.05, 3.63) is 64.9 Å². The average Bonchev–Trinajstić information content (AvgIpc) is 2.40. The van der Waals surface area contributed by atoms with Crippen LogP contribution in [0.2, 0.25) is 5.02 Å². The van der Waals surface area contributed by atoms with Gasteiger partial charge in [0.25, 0.3) is 0 Å². The first-order valence-corrected chi connectivity index (χ1v) is 6.05. The smallest absolute Gasteiger partial charge is 0.128 e. The standard InChI is InChI=1S/C14H14ClFN2/c15-10-6-7-13(16)12(8-10)14(9-17)18-11-4-2-1-3-5-11/h1-8,14,18H,9,17H2. The Morgan fingerprint density at radius 1 is 1.17 bits per heavy atom. The molecular weight excluding hydrogens is 251 g/mol. The number of hydrogen-bond donors (Lipinski definition) is 2. The van der Waals surface area contributed by atoms with Gasteiger partial charge in [-0.15, -0.1) is 0 Å². The molecule has 0 saturated heterocycles. The molecule has 2 nitrogen and oxygen atoms in total. The van der Waals surface area contributed by atoms with Gasteiger partial charge in [0.1, 0.15) is 5.82 Å². The Balaban J connectivity index is 2.26. The molecule has 2 aromatic carbocycles. The highest BCUT2D eigenvalue weighted by molar-refractivity contribution is 6.30. The molecule has 4 heteroatoms. The molecule has 0 fully saturated rings. The second-order valence-corrected chi connectivity index (χ2v) is 4.40. The predicted octanol–water partition coefficient (Wildman–Crippen LogP) is 3.59. The molecule has 0 aliphatic rings. The molecular formula is C14H14ClFN2. The molecule has 0 saturated carbocycles. The summed E-state index contributed by atoms with van der Waals surface area (Å²) in [6.45, 7) is 0.284. The van der Waals surface area contributed by atoms with Crippen LogP contribution in [0.4, 0.5) is 10.1 Å². The summed E-state index contributed by atoms with van der Waals surface area (Å²) in [5, 5.41) is 3.69. The van der Waals surface area contributed by atoms with Gasteiger partial charge in [0, 0.05) is 22.8 Å². The number of rotatable bonds is 4. The van der Waals surface area contributed by atoms with Gasteiger partial charge in [0.05, 0.1) is 6.04 Å². The lowest BCUT2D eigenvalue weighted by Gasteiger charge is -2.19. The maximum Gasteiger partial charge on any atom is 0.128 e. The van der Waals surface area contributed by atoms with Crippen LogP contribution in [0.15, 0.2) is 48.5 Å². The summed E-state index contributed by atoms with van der Waals surface area (Å²) in [4.78, 5) is 0. The first kappa shape index (κ1) is 12.9. The van der Waals surface area contributed by atoms with Gasteiger partial charge in [0.2, 0.25) is 0 Å². The Labute approximate surface area is 111 Å². The van der Waals surface area contributed by atoms with Gasteiger partial charge in [-0.2, -0.15) is 0 Å². The van der Waals surface area contributed by atoms with E-state index in [1.165, 1.54) is 12.1 Å². The van der Waals surface area contributed by atoms with Crippen molar-refractivity contribution in [3.63, 3.8) is 0 Å². The summed E-state index contributed by atoms with van der Waals surface area (Å²) in [5.41, 5.74) is 7.08. The van der Waals surface area contributed by atoms with E-state index in [0.29, 0.717) is 10.6 Å². The normalized spacial score (nSPS) is 12.2. The van der Waals surface area contributed by atoms with Crippen molar-refractivity contribution in [3.8, 4) is 0 Å². The van der Waals surface area contributed by atoms with Crippen LogP contribution in [0.25, 0.3) is 0 Å². The fraction of sp³-hybridized carbons (Fsp3) is 0.143. The van der Waals surface area contributed by atoms with Crippen LogP contribution >= 0.6 is 11.6 Å². The molecule has 0 spiro atoms. The van der Waals surface area contributed by atoms with E-state index in [2.05, 4.69) is 5.32 Å². The summed E-state index contributed by atoms with van der Waals surface area (Å²) in [6.07, 6.45) is 0. The van der Waals surface area contributed by atoms with Gasteiger partial charge >= 0.3 is 0 Å². The van der Waals surface area contributed by atoms with Crippen LogP contribution in [-0.4, -0.2) is 6.54 Å². The van der Waals surface area contributed by atoms with Crippen molar-refractivity contribution in [1.29, 1.82) is 0 Å². The van der Waals surface area contributed by atoms with E-state index in [-0.39, 0.29) is 18.4 Å². The predicted molar refractivity (Wildman–Crippen MR) is 73.3 cm³/mol. The number of nitrogens with two attached hydrogens (primary N) is 1. The van der Waals surface area contributed by atoms with Crippen LogP contribution in [0, 0.1) is 5.82 Å². The molecule has 1 unspecified atom stereocenters. The monoisotopic (exact) mass is 264 g/mol. The molecule has 0 heterocycles. The van der Waals surface area contributed by atoms with Crippen LogP contribution in [0.3, 0.4) is 0 Å². The van der Waals surface area contributed by atoms with Crippen molar-refractivity contribution in [2.75, 3.05) is 11.9 Å². The molecule has 2 rings (SSSR count). The number of halogens is 2. The van der Waals surface area contributed by atoms with Crippen molar-refractivity contribution in [2.24, 2.45) is 5.73 Å². The Hall–Kier alpha value is -1.58. The molecule has 94 valence electrons. The second-order valence-electron chi connectivity index (χ2n) is 3.96. The van der Waals surface area contributed by atoms with E-state index in [1.807, 2.05) is 30.3 Å². The van der Waals surface area contributed by atoms with Crippen LogP contribution in [-0.2, 0) is 0 Å². The Morgan fingerprint density at radius 2 is 1.89 bits per heavy atom. The van der Waals surface area contributed by atoms with Crippen molar-refractivity contribution in [1.82, 2.24) is 0 Å². The summed E-state index contributed by atoms with van der Waals surface area (Å²) in [5.74, 6) is -0.307. The van der Waals surface area contributed by atoms with E-state index >= 15 is 0 Å². The topological polar surface area (TPSA) is 38.0 Å². The van der Waals surface area contributed by atoms with Crippen LogP contribution in [0.5, 0.6) is 0 Å². The quantitative estimate of drug-likeness (QED) is 0.886. The highest BCUT2D eigenvalue weighted by Gasteiger charge is 2.14. The molecule has 0 amide bonds. The van der Waals surface area contributed by atoms with Gasteiger partial charge < -0.3 is 11.1 Å². The Kier molecular flexibility index (Phi) is 4.18. The Bertz CT molecular complexity index is 516. The fourth-order valence-electron chi connectivity index (χ4n) is 1.78. The van der Waals surface area contributed by atoms with Crippen LogP contribution < -0.4 is 11.1 Å². The number of nitrogens with one attached hydrogen (secondary N) is 1. The zero-order chi connectivity index (χ0) is 13.0. The Morgan fingerprint density at radius 3 is 2.56 bits per heavy atom. The summed E-state index contributed by atoms with van der Waals surface area (Å²) in [6, 6.07) is 13.7. The number of anilines is 1. The zero-order valence-electron chi connectivity index (χ0n) is 9.74. The molecule has 0 radical (unpaired) electrons. The third-order valence-electron chi connectivity index (χ3n) is 2.68. The van der Waals surface area contributed by atoms with Crippen molar-refractivity contribution in [2.45, 2.75) is 6.04 Å². The minimum atomic E-state index is -0.307. The molecule has 3 N–H and O–H groups in total. The van der Waals surface area contributed by atoms with E-state index in [9.17, 15) is 4.39 Å². The minimum absolute atomic E-state index is 0.284. The van der Waals surface area contributed by atoms with Gasteiger partial charge in [-0.25, -0.2) is 4.39 Å². The highest BCUT2D eigenvalue weighted by Crippen LogP contribution is 2.24. The highest BCUT2D eigenvalue weighted by atomic mass is 35.5. The SMILES string of the molecule is NCC(Nc1ccccc1)c1cc(Cl)ccc1F. The van der Waals surface area contributed by atoms with E-state index < -0.39 is 0 Å². The average molecular weight is 265 g/mol. The molecule has 2 aromatic rings. The fourth-order valence-corrected chi connectivity index (χ4v) is 1.96.